The van der Waals surface area contributed by atoms with Crippen LogP contribution in [0.5, 0.6) is 17.2 Å². The van der Waals surface area contributed by atoms with Gasteiger partial charge < -0.3 is 19.5 Å². The van der Waals surface area contributed by atoms with Crippen molar-refractivity contribution in [2.24, 2.45) is 20.5 Å². The van der Waals surface area contributed by atoms with Gasteiger partial charge >= 0.3 is 0 Å². The van der Waals surface area contributed by atoms with Crippen LogP contribution in [0.4, 0.5) is 28.4 Å². The summed E-state index contributed by atoms with van der Waals surface area (Å²) >= 11 is 12.3. The summed E-state index contributed by atoms with van der Waals surface area (Å²) in [6.07, 6.45) is 1.60. The first kappa shape index (κ1) is 28.6. The first-order valence-electron chi connectivity index (χ1n) is 11.6. The average molecular weight is 584 g/mol. The number of hydrogen-bond donors (Lipinski definition) is 1. The number of nitro benzene ring substituents is 1. The molecule has 1 heterocycles. The molecule has 4 rings (SSSR count). The molecule has 0 aliphatic rings. The van der Waals surface area contributed by atoms with Crippen LogP contribution in [-0.2, 0) is 6.54 Å². The zero-order chi connectivity index (χ0) is 29.0. The van der Waals surface area contributed by atoms with Crippen molar-refractivity contribution in [1.82, 2.24) is 9.88 Å². The van der Waals surface area contributed by atoms with E-state index in [2.05, 4.69) is 25.4 Å². The molecule has 0 saturated carbocycles. The van der Waals surface area contributed by atoms with Gasteiger partial charge in [-0.05, 0) is 32.3 Å². The van der Waals surface area contributed by atoms with Crippen LogP contribution in [0.15, 0.2) is 69.1 Å². The fourth-order valence-electron chi connectivity index (χ4n) is 3.79. The highest BCUT2D eigenvalue weighted by Crippen LogP contribution is 2.43. The molecule has 0 aliphatic heterocycles. The molecule has 0 saturated heterocycles. The van der Waals surface area contributed by atoms with Crippen molar-refractivity contribution in [3.63, 3.8) is 0 Å². The van der Waals surface area contributed by atoms with E-state index in [1.54, 1.807) is 30.5 Å². The maximum Gasteiger partial charge on any atom is 0.272 e. The Balaban J connectivity index is 1.74. The van der Waals surface area contributed by atoms with Gasteiger partial charge in [-0.2, -0.15) is 0 Å². The molecule has 0 spiro atoms. The number of methoxy groups -OCH3 is 2. The minimum atomic E-state index is -0.611. The smallest absolute Gasteiger partial charge is 0.272 e. The zero-order valence-electron chi connectivity index (χ0n) is 21.8. The zero-order valence-corrected chi connectivity index (χ0v) is 23.3. The van der Waals surface area contributed by atoms with E-state index in [0.717, 1.165) is 12.1 Å². The number of aromatic nitrogens is 1. The van der Waals surface area contributed by atoms with Crippen molar-refractivity contribution in [2.45, 2.75) is 6.54 Å². The molecule has 0 atom stereocenters. The van der Waals surface area contributed by atoms with Crippen LogP contribution in [0.25, 0.3) is 10.9 Å². The number of non-ortho nitro benzene ring substituents is 1. The van der Waals surface area contributed by atoms with Gasteiger partial charge in [0.05, 0.1) is 34.9 Å². The summed E-state index contributed by atoms with van der Waals surface area (Å²) in [7, 11) is 6.69. The normalized spacial score (nSPS) is 11.7. The Hall–Kier alpha value is -4.39. The van der Waals surface area contributed by atoms with Crippen LogP contribution >= 0.6 is 23.2 Å². The van der Waals surface area contributed by atoms with Crippen LogP contribution in [0, 0.1) is 10.1 Å². The predicted octanol–water partition coefficient (Wildman–Crippen LogP) is 8.07. The van der Waals surface area contributed by atoms with E-state index >= 15 is 0 Å². The van der Waals surface area contributed by atoms with Crippen molar-refractivity contribution >= 4 is 62.5 Å². The maximum atomic E-state index is 11.0. The number of halogens is 2. The lowest BCUT2D eigenvalue weighted by molar-refractivity contribution is -0.384. The van der Waals surface area contributed by atoms with Crippen LogP contribution in [0.2, 0.25) is 10.0 Å². The van der Waals surface area contributed by atoms with Gasteiger partial charge in [-0.15, -0.1) is 20.5 Å². The molecule has 206 valence electrons. The predicted molar refractivity (Wildman–Crippen MR) is 152 cm³/mol. The molecular weight excluding hydrogens is 561 g/mol. The number of benzene rings is 3. The Bertz CT molecular complexity index is 1640. The number of ether oxygens (including phenoxy) is 2. The lowest BCUT2D eigenvalue weighted by atomic mass is 10.1. The maximum absolute atomic E-state index is 11.0. The summed E-state index contributed by atoms with van der Waals surface area (Å²) in [4.78, 5) is 16.7. The third kappa shape index (κ3) is 6.09. The van der Waals surface area contributed by atoms with E-state index in [1.807, 2.05) is 19.0 Å². The Kier molecular flexibility index (Phi) is 8.73. The molecule has 0 fully saturated rings. The first-order valence-corrected chi connectivity index (χ1v) is 12.4. The highest BCUT2D eigenvalue weighted by molar-refractivity contribution is 6.39. The number of rotatable bonds is 9. The van der Waals surface area contributed by atoms with Crippen molar-refractivity contribution in [3.8, 4) is 17.2 Å². The molecule has 0 radical (unpaired) electrons. The topological polar surface area (TPSA) is 147 Å². The van der Waals surface area contributed by atoms with Crippen molar-refractivity contribution in [2.75, 3.05) is 28.3 Å². The number of fused-ring (bicyclic) bond motifs is 1. The molecule has 4 aromatic rings. The lowest BCUT2D eigenvalue weighted by Crippen LogP contribution is -2.10. The summed E-state index contributed by atoms with van der Waals surface area (Å²) in [5.41, 5.74) is 1.95. The van der Waals surface area contributed by atoms with Crippen LogP contribution in [-0.4, -0.2) is 48.2 Å². The van der Waals surface area contributed by atoms with E-state index in [1.165, 1.54) is 20.3 Å². The van der Waals surface area contributed by atoms with Crippen molar-refractivity contribution < 1.29 is 19.5 Å². The molecule has 0 aliphatic carbocycles. The second-order valence-electron chi connectivity index (χ2n) is 8.65. The third-order valence-corrected chi connectivity index (χ3v) is 6.20. The fraction of sp³-hybridized carbons (Fsp3) is 0.192. The molecule has 0 amide bonds. The third-order valence-electron chi connectivity index (χ3n) is 5.63. The number of hydrogen-bond acceptors (Lipinski definition) is 11. The Morgan fingerprint density at radius 2 is 1.52 bits per heavy atom. The van der Waals surface area contributed by atoms with E-state index < -0.39 is 4.92 Å². The highest BCUT2D eigenvalue weighted by Gasteiger charge is 2.17. The van der Waals surface area contributed by atoms with Gasteiger partial charge in [0.1, 0.15) is 39.8 Å². The second kappa shape index (κ2) is 12.2. The van der Waals surface area contributed by atoms with Crippen molar-refractivity contribution in [3.05, 3.63) is 74.4 Å². The minimum Gasteiger partial charge on any atom is -0.505 e. The number of nitro groups is 1. The van der Waals surface area contributed by atoms with Crippen LogP contribution in [0.1, 0.15) is 5.56 Å². The van der Waals surface area contributed by atoms with Gasteiger partial charge in [0, 0.05) is 48.0 Å². The summed E-state index contributed by atoms with van der Waals surface area (Å²) in [5, 5.41) is 39.4. The van der Waals surface area contributed by atoms with E-state index in [9.17, 15) is 15.2 Å². The number of aromatic hydroxyl groups is 1. The van der Waals surface area contributed by atoms with E-state index in [0.29, 0.717) is 40.1 Å². The summed E-state index contributed by atoms with van der Waals surface area (Å²) < 4.78 is 11.0. The summed E-state index contributed by atoms with van der Waals surface area (Å²) in [6, 6.07) is 10.7. The minimum absolute atomic E-state index is 0.0384. The van der Waals surface area contributed by atoms with E-state index in [-0.39, 0.29) is 38.6 Å². The van der Waals surface area contributed by atoms with Crippen LogP contribution in [0.3, 0.4) is 0 Å². The SMILES string of the molecule is COc1cc(N=Nc2cc(CN(C)C)c(O)c3ncccc23)c(OC)cc1N=Nc1c(Cl)cc([N+](=O)[O-])cc1Cl. The molecule has 40 heavy (non-hydrogen) atoms. The van der Waals surface area contributed by atoms with Gasteiger partial charge in [-0.1, -0.05) is 23.2 Å². The van der Waals surface area contributed by atoms with Crippen LogP contribution < -0.4 is 9.47 Å². The molecule has 12 nitrogen and oxygen atoms in total. The highest BCUT2D eigenvalue weighted by atomic mass is 35.5. The number of nitrogens with zero attached hydrogens (tertiary/aromatic N) is 7. The molecular formula is C26H23Cl2N7O5. The fourth-order valence-corrected chi connectivity index (χ4v) is 4.35. The van der Waals surface area contributed by atoms with Gasteiger partial charge in [-0.25, -0.2) is 0 Å². The van der Waals surface area contributed by atoms with E-state index in [4.69, 9.17) is 32.7 Å². The van der Waals surface area contributed by atoms with Crippen molar-refractivity contribution in [1.29, 1.82) is 0 Å². The monoisotopic (exact) mass is 583 g/mol. The largest absolute Gasteiger partial charge is 0.505 e. The lowest BCUT2D eigenvalue weighted by Gasteiger charge is -2.14. The van der Waals surface area contributed by atoms with Gasteiger partial charge in [0.15, 0.2) is 0 Å². The Labute approximate surface area is 238 Å². The molecule has 0 bridgehead atoms. The number of pyridine rings is 1. The Morgan fingerprint density at radius 3 is 2.08 bits per heavy atom. The van der Waals surface area contributed by atoms with Gasteiger partial charge in [-0.3, -0.25) is 15.1 Å². The second-order valence-corrected chi connectivity index (χ2v) is 9.47. The molecule has 1 aromatic heterocycles. The quantitative estimate of drug-likeness (QED) is 0.119. The summed E-state index contributed by atoms with van der Waals surface area (Å²) in [5.74, 6) is 0.692. The standard InChI is InChI=1S/C26H23Cl2N7O5/c1-34(2)13-14-8-19(16-6-5-7-29-24(16)26(14)36)30-31-20-11-23(40-4)21(12-22(20)39-3)32-33-25-17(27)9-15(35(37)38)10-18(25)28/h5-12,36H,13H2,1-4H3. The molecule has 1 N–H and O–H groups in total. The Morgan fingerprint density at radius 1 is 0.950 bits per heavy atom. The molecule has 3 aromatic carbocycles. The average Bonchev–Trinajstić information content (AvgIpc) is 2.93. The van der Waals surface area contributed by atoms with Gasteiger partial charge in [0.25, 0.3) is 5.69 Å². The molecule has 14 heteroatoms. The van der Waals surface area contributed by atoms with Gasteiger partial charge in [0.2, 0.25) is 0 Å². The summed E-state index contributed by atoms with van der Waals surface area (Å²) in [6.45, 7) is 0.473. The number of azo groups is 2. The number of phenols is 1. The molecule has 0 unspecified atom stereocenters. The number of phenolic OH excluding ortho intramolecular Hbond substituents is 1. The first-order chi connectivity index (χ1) is 19.1.